The van der Waals surface area contributed by atoms with Gasteiger partial charge in [-0.05, 0) is 25.2 Å². The van der Waals surface area contributed by atoms with E-state index in [-0.39, 0.29) is 12.2 Å². The number of rotatable bonds is 2. The highest BCUT2D eigenvalue weighted by atomic mass is 19.1. The maximum absolute atomic E-state index is 13.4. The summed E-state index contributed by atoms with van der Waals surface area (Å²) in [6, 6.07) is 4.26. The second kappa shape index (κ2) is 5.90. The van der Waals surface area contributed by atoms with E-state index in [1.165, 1.54) is 23.1 Å². The molecule has 2 heterocycles. The van der Waals surface area contributed by atoms with Gasteiger partial charge in [0, 0.05) is 31.5 Å². The molecule has 1 aromatic carbocycles. The van der Waals surface area contributed by atoms with Crippen molar-refractivity contribution in [1.82, 2.24) is 9.80 Å². The predicted molar refractivity (Wildman–Crippen MR) is 79.4 cm³/mol. The van der Waals surface area contributed by atoms with Crippen LogP contribution in [0.5, 0.6) is 0 Å². The molecule has 0 radical (unpaired) electrons. The van der Waals surface area contributed by atoms with Crippen LogP contribution in [0.15, 0.2) is 24.3 Å². The van der Waals surface area contributed by atoms with Gasteiger partial charge < -0.3 is 14.7 Å². The Bertz CT molecular complexity index is 628. The first kappa shape index (κ1) is 15.9. The number of nitrogens with zero attached hydrogens (tertiary/aromatic N) is 2. The van der Waals surface area contributed by atoms with E-state index in [9.17, 15) is 19.1 Å². The van der Waals surface area contributed by atoms with Crippen LogP contribution in [0.4, 0.5) is 4.39 Å². The first-order valence-corrected chi connectivity index (χ1v) is 7.57. The van der Waals surface area contributed by atoms with Gasteiger partial charge in [0.05, 0.1) is 6.61 Å². The molecule has 1 aromatic rings. The summed E-state index contributed by atoms with van der Waals surface area (Å²) >= 11 is 0. The van der Waals surface area contributed by atoms with Gasteiger partial charge in [0.1, 0.15) is 11.5 Å². The van der Waals surface area contributed by atoms with Crippen LogP contribution in [0.2, 0.25) is 0 Å². The van der Waals surface area contributed by atoms with Crippen LogP contribution in [0, 0.1) is 5.82 Å². The third kappa shape index (κ3) is 2.82. The van der Waals surface area contributed by atoms with Crippen LogP contribution in [-0.2, 0) is 9.53 Å². The molecule has 0 aliphatic carbocycles. The maximum atomic E-state index is 13.4. The van der Waals surface area contributed by atoms with E-state index in [0.29, 0.717) is 25.9 Å². The summed E-state index contributed by atoms with van der Waals surface area (Å²) in [6.07, 6.45) is 1.07. The van der Waals surface area contributed by atoms with Gasteiger partial charge in [0.15, 0.2) is 6.04 Å². The van der Waals surface area contributed by atoms with Crippen molar-refractivity contribution in [1.29, 1.82) is 0 Å². The Morgan fingerprint density at radius 1 is 1.35 bits per heavy atom. The molecule has 23 heavy (non-hydrogen) atoms. The lowest BCUT2D eigenvalue weighted by Crippen LogP contribution is -2.57. The number of hydrogen-bond donors (Lipinski definition) is 1. The minimum atomic E-state index is -1.11. The predicted octanol–water partition coefficient (Wildman–Crippen LogP) is 1.17. The van der Waals surface area contributed by atoms with Crippen molar-refractivity contribution in [3.8, 4) is 0 Å². The van der Waals surface area contributed by atoms with Gasteiger partial charge in [-0.15, -0.1) is 0 Å². The van der Waals surface area contributed by atoms with Crippen LogP contribution >= 0.6 is 0 Å². The first-order chi connectivity index (χ1) is 10.9. The van der Waals surface area contributed by atoms with Crippen LogP contribution in [0.1, 0.15) is 23.2 Å². The highest BCUT2D eigenvalue weighted by molar-refractivity contribution is 5.97. The zero-order valence-corrected chi connectivity index (χ0v) is 12.9. The van der Waals surface area contributed by atoms with E-state index >= 15 is 0 Å². The van der Waals surface area contributed by atoms with Gasteiger partial charge in [-0.1, -0.05) is 6.07 Å². The van der Waals surface area contributed by atoms with Crippen molar-refractivity contribution in [3.05, 3.63) is 35.6 Å². The van der Waals surface area contributed by atoms with Gasteiger partial charge in [0.25, 0.3) is 5.91 Å². The molecule has 1 unspecified atom stereocenters. The summed E-state index contributed by atoms with van der Waals surface area (Å²) in [6.45, 7) is 1.37. The Kier molecular flexibility index (Phi) is 4.08. The van der Waals surface area contributed by atoms with Crippen LogP contribution in [0.25, 0.3) is 0 Å². The number of halogens is 1. The minimum absolute atomic E-state index is 0.0416. The van der Waals surface area contributed by atoms with Crippen molar-refractivity contribution in [2.24, 2.45) is 0 Å². The van der Waals surface area contributed by atoms with Gasteiger partial charge in [-0.25, -0.2) is 9.18 Å². The maximum Gasteiger partial charge on any atom is 0.328 e. The van der Waals surface area contributed by atoms with Gasteiger partial charge in [0.2, 0.25) is 0 Å². The average Bonchev–Trinajstić information content (AvgIpc) is 2.89. The number of amides is 1. The molecule has 124 valence electrons. The Morgan fingerprint density at radius 3 is 2.65 bits per heavy atom. The third-order valence-electron chi connectivity index (χ3n) is 4.60. The lowest BCUT2D eigenvalue weighted by Gasteiger charge is -2.43. The molecule has 2 aliphatic rings. The average molecular weight is 322 g/mol. The molecule has 2 aliphatic heterocycles. The fraction of sp³-hybridized carbons (Fsp3) is 0.500. The van der Waals surface area contributed by atoms with Gasteiger partial charge in [-0.2, -0.15) is 0 Å². The summed E-state index contributed by atoms with van der Waals surface area (Å²) < 4.78 is 19.2. The number of ether oxygens (including phenoxy) is 1. The Labute approximate surface area is 133 Å². The first-order valence-electron chi connectivity index (χ1n) is 7.57. The molecule has 0 bridgehead atoms. The number of carboxylic acid groups (broad SMARTS) is 1. The fourth-order valence-corrected chi connectivity index (χ4v) is 3.28. The SMILES string of the molecule is CN1CCC2(CC1)OCC(C(=O)O)N2C(=O)c1cccc(F)c1. The van der Waals surface area contributed by atoms with Gasteiger partial charge >= 0.3 is 5.97 Å². The van der Waals surface area contributed by atoms with E-state index < -0.39 is 29.5 Å². The second-order valence-electron chi connectivity index (χ2n) is 6.10. The number of aliphatic carboxylic acids is 1. The third-order valence-corrected chi connectivity index (χ3v) is 4.60. The van der Waals surface area contributed by atoms with Crippen LogP contribution in [0.3, 0.4) is 0 Å². The van der Waals surface area contributed by atoms with Crippen molar-refractivity contribution in [2.75, 3.05) is 26.7 Å². The molecule has 7 heteroatoms. The standard InChI is InChI=1S/C16H19FN2O4/c1-18-7-5-16(6-8-18)19(13(10-23-16)15(21)22)14(20)11-3-2-4-12(17)9-11/h2-4,9,13H,5-8,10H2,1H3,(H,21,22). The van der Waals surface area contributed by atoms with Crippen LogP contribution in [-0.4, -0.2) is 65.3 Å². The zero-order chi connectivity index (χ0) is 16.6. The number of carbonyl (C=O) groups is 2. The molecule has 0 aromatic heterocycles. The van der Waals surface area contributed by atoms with E-state index in [2.05, 4.69) is 4.90 Å². The summed E-state index contributed by atoms with van der Waals surface area (Å²) in [4.78, 5) is 27.8. The monoisotopic (exact) mass is 322 g/mol. The summed E-state index contributed by atoms with van der Waals surface area (Å²) in [7, 11) is 1.97. The Balaban J connectivity index is 1.96. The molecule has 3 rings (SSSR count). The molecule has 2 saturated heterocycles. The summed E-state index contributed by atoms with van der Waals surface area (Å²) in [5, 5.41) is 9.44. The highest BCUT2D eigenvalue weighted by Crippen LogP contribution is 2.38. The molecule has 6 nitrogen and oxygen atoms in total. The molecule has 1 N–H and O–H groups in total. The smallest absolute Gasteiger partial charge is 0.328 e. The van der Waals surface area contributed by atoms with Gasteiger partial charge in [-0.3, -0.25) is 9.69 Å². The second-order valence-corrected chi connectivity index (χ2v) is 6.10. The molecule has 1 amide bonds. The van der Waals surface area contributed by atoms with E-state index in [4.69, 9.17) is 4.74 Å². The topological polar surface area (TPSA) is 70.1 Å². The number of carboxylic acids is 1. The normalized spacial score (nSPS) is 24.1. The van der Waals surface area contributed by atoms with E-state index in [0.717, 1.165) is 6.07 Å². The van der Waals surface area contributed by atoms with Crippen molar-refractivity contribution in [2.45, 2.75) is 24.6 Å². The summed E-state index contributed by atoms with van der Waals surface area (Å²) in [5.74, 6) is -2.13. The van der Waals surface area contributed by atoms with Crippen molar-refractivity contribution >= 4 is 11.9 Å². The lowest BCUT2D eigenvalue weighted by molar-refractivity contribution is -0.143. The summed E-state index contributed by atoms with van der Waals surface area (Å²) in [5.41, 5.74) is -0.779. The number of likely N-dealkylation sites (tertiary alicyclic amines) is 1. The Morgan fingerprint density at radius 2 is 2.04 bits per heavy atom. The quantitative estimate of drug-likeness (QED) is 0.885. The zero-order valence-electron chi connectivity index (χ0n) is 12.9. The molecule has 0 saturated carbocycles. The van der Waals surface area contributed by atoms with E-state index in [1.807, 2.05) is 7.05 Å². The number of carbonyl (C=O) groups excluding carboxylic acids is 1. The van der Waals surface area contributed by atoms with Crippen LogP contribution < -0.4 is 0 Å². The molecule has 1 atom stereocenters. The fourth-order valence-electron chi connectivity index (χ4n) is 3.28. The number of piperidine rings is 1. The number of benzene rings is 1. The molecule has 2 fully saturated rings. The minimum Gasteiger partial charge on any atom is -0.480 e. The largest absolute Gasteiger partial charge is 0.480 e. The molecular formula is C16H19FN2O4. The van der Waals surface area contributed by atoms with E-state index in [1.54, 1.807) is 0 Å². The van der Waals surface area contributed by atoms with Crippen molar-refractivity contribution in [3.63, 3.8) is 0 Å². The Hall–Kier alpha value is -1.99. The van der Waals surface area contributed by atoms with Crippen molar-refractivity contribution < 1.29 is 23.8 Å². The highest BCUT2D eigenvalue weighted by Gasteiger charge is 2.53. The molecule has 1 spiro atoms. The number of hydrogen-bond acceptors (Lipinski definition) is 4. The molecular weight excluding hydrogens is 303 g/mol. The lowest BCUT2D eigenvalue weighted by atomic mass is 9.97.